The van der Waals surface area contributed by atoms with E-state index in [-0.39, 0.29) is 11.9 Å². The lowest BCUT2D eigenvalue weighted by molar-refractivity contribution is 0.390. The number of anilines is 1. The van der Waals surface area contributed by atoms with Gasteiger partial charge < -0.3 is 5.32 Å². The second kappa shape index (κ2) is 6.23. The van der Waals surface area contributed by atoms with E-state index in [1.807, 2.05) is 0 Å². The van der Waals surface area contributed by atoms with Crippen molar-refractivity contribution in [1.29, 1.82) is 5.26 Å². The molecular formula is C14H15N11. The van der Waals surface area contributed by atoms with Crippen LogP contribution in [0.2, 0.25) is 0 Å². The molecule has 0 radical (unpaired) electrons. The van der Waals surface area contributed by atoms with Crippen LogP contribution in [0, 0.1) is 11.3 Å². The molecule has 11 nitrogen and oxygen atoms in total. The third kappa shape index (κ3) is 3.01. The van der Waals surface area contributed by atoms with Crippen molar-refractivity contribution in [1.82, 2.24) is 44.5 Å². The Hall–Kier alpha value is -3.42. The zero-order valence-corrected chi connectivity index (χ0v) is 13.3. The average molecular weight is 337 g/mol. The molecule has 0 unspecified atom stereocenters. The molecule has 126 valence electrons. The van der Waals surface area contributed by atoms with Crippen LogP contribution in [0.5, 0.6) is 0 Å². The molecule has 11 heteroatoms. The molecule has 0 spiro atoms. The maximum absolute atomic E-state index is 9.67. The number of aromatic nitrogens is 9. The normalized spacial score (nSPS) is 16.3. The first kappa shape index (κ1) is 15.1. The van der Waals surface area contributed by atoms with Crippen molar-refractivity contribution in [2.45, 2.75) is 37.6 Å². The molecular weight excluding hydrogens is 322 g/mol. The molecule has 3 aromatic rings. The Kier molecular flexibility index (Phi) is 3.77. The highest BCUT2D eigenvalue weighted by molar-refractivity contribution is 5.38. The summed E-state index contributed by atoms with van der Waals surface area (Å²) in [6, 6.07) is 2.39. The van der Waals surface area contributed by atoms with Gasteiger partial charge in [0.1, 0.15) is 30.8 Å². The van der Waals surface area contributed by atoms with Crippen molar-refractivity contribution in [3.05, 3.63) is 25.3 Å². The standard InChI is InChI=1S/C14H15N11/c15-6-14(4-2-1-3-5-14)23-11-20-12(24-9-16-7-18-24)22-13(21-11)25-10-17-8-19-25/h7-10H,1-5H2,(H,20,21,22,23). The van der Waals surface area contributed by atoms with Crippen LogP contribution in [-0.4, -0.2) is 50.0 Å². The minimum atomic E-state index is -0.668. The van der Waals surface area contributed by atoms with E-state index in [1.54, 1.807) is 0 Å². The van der Waals surface area contributed by atoms with E-state index >= 15 is 0 Å². The van der Waals surface area contributed by atoms with Gasteiger partial charge in [0.2, 0.25) is 5.95 Å². The molecule has 0 aromatic carbocycles. The number of rotatable bonds is 4. The van der Waals surface area contributed by atoms with Gasteiger partial charge in [-0.25, -0.2) is 9.97 Å². The van der Waals surface area contributed by atoms with Gasteiger partial charge in [-0.15, -0.1) is 0 Å². The molecule has 0 bridgehead atoms. The smallest absolute Gasteiger partial charge is 0.258 e. The van der Waals surface area contributed by atoms with Gasteiger partial charge >= 0.3 is 0 Å². The number of nitriles is 1. The highest BCUT2D eigenvalue weighted by atomic mass is 15.4. The summed E-state index contributed by atoms with van der Waals surface area (Å²) >= 11 is 0. The Labute approximate surface area is 142 Å². The third-order valence-electron chi connectivity index (χ3n) is 4.13. The lowest BCUT2D eigenvalue weighted by Crippen LogP contribution is -2.39. The number of hydrogen-bond donors (Lipinski definition) is 1. The highest BCUT2D eigenvalue weighted by Crippen LogP contribution is 2.30. The first-order valence-corrected chi connectivity index (χ1v) is 7.94. The van der Waals surface area contributed by atoms with Crippen molar-refractivity contribution in [3.63, 3.8) is 0 Å². The van der Waals surface area contributed by atoms with E-state index in [1.165, 1.54) is 34.7 Å². The van der Waals surface area contributed by atoms with Crippen LogP contribution in [0.15, 0.2) is 25.3 Å². The molecule has 3 aromatic heterocycles. The van der Waals surface area contributed by atoms with Crippen LogP contribution in [0.3, 0.4) is 0 Å². The summed E-state index contributed by atoms with van der Waals surface area (Å²) in [5.41, 5.74) is -0.668. The molecule has 0 atom stereocenters. The fourth-order valence-electron chi connectivity index (χ4n) is 2.87. The van der Waals surface area contributed by atoms with Crippen LogP contribution in [-0.2, 0) is 0 Å². The number of nitrogens with one attached hydrogen (secondary N) is 1. The second-order valence-electron chi connectivity index (χ2n) is 5.82. The minimum Gasteiger partial charge on any atom is -0.336 e. The van der Waals surface area contributed by atoms with Gasteiger partial charge in [0.25, 0.3) is 11.9 Å². The quantitative estimate of drug-likeness (QED) is 0.728. The summed E-state index contributed by atoms with van der Waals surface area (Å²) in [6.45, 7) is 0. The van der Waals surface area contributed by atoms with Gasteiger partial charge in [0.15, 0.2) is 0 Å². The molecule has 0 aliphatic heterocycles. The lowest BCUT2D eigenvalue weighted by Gasteiger charge is -2.31. The van der Waals surface area contributed by atoms with Crippen molar-refractivity contribution in [2.75, 3.05) is 5.32 Å². The summed E-state index contributed by atoms with van der Waals surface area (Å²) in [7, 11) is 0. The van der Waals surface area contributed by atoms with Crippen LogP contribution < -0.4 is 5.32 Å². The van der Waals surface area contributed by atoms with Gasteiger partial charge in [-0.3, -0.25) is 0 Å². The topological polar surface area (TPSA) is 136 Å². The molecule has 1 N–H and O–H groups in total. The van der Waals surface area contributed by atoms with Gasteiger partial charge in [0.05, 0.1) is 6.07 Å². The molecule has 3 heterocycles. The van der Waals surface area contributed by atoms with Gasteiger partial charge in [0, 0.05) is 0 Å². The Morgan fingerprint density at radius 2 is 1.52 bits per heavy atom. The first-order chi connectivity index (χ1) is 12.3. The van der Waals surface area contributed by atoms with Gasteiger partial charge in [-0.1, -0.05) is 19.3 Å². The molecule has 1 saturated carbocycles. The Morgan fingerprint density at radius 1 is 0.920 bits per heavy atom. The predicted octanol–water partition coefficient (Wildman–Crippen LogP) is 0.671. The average Bonchev–Trinajstić information content (AvgIpc) is 3.36. The molecule has 25 heavy (non-hydrogen) atoms. The van der Waals surface area contributed by atoms with Crippen LogP contribution >= 0.6 is 0 Å². The van der Waals surface area contributed by atoms with Gasteiger partial charge in [-0.2, -0.15) is 39.8 Å². The molecule has 0 amide bonds. The van der Waals surface area contributed by atoms with Crippen LogP contribution in [0.1, 0.15) is 32.1 Å². The summed E-state index contributed by atoms with van der Waals surface area (Å²) in [5, 5.41) is 21.0. The largest absolute Gasteiger partial charge is 0.336 e. The van der Waals surface area contributed by atoms with E-state index in [4.69, 9.17) is 0 Å². The molecule has 1 fully saturated rings. The monoisotopic (exact) mass is 337 g/mol. The molecule has 4 rings (SSSR count). The predicted molar refractivity (Wildman–Crippen MR) is 84.7 cm³/mol. The fourth-order valence-corrected chi connectivity index (χ4v) is 2.87. The first-order valence-electron chi connectivity index (χ1n) is 7.94. The van der Waals surface area contributed by atoms with Crippen LogP contribution in [0.4, 0.5) is 5.95 Å². The zero-order valence-electron chi connectivity index (χ0n) is 13.3. The zero-order chi connectivity index (χ0) is 17.1. The van der Waals surface area contributed by atoms with Crippen LogP contribution in [0.25, 0.3) is 11.9 Å². The van der Waals surface area contributed by atoms with Crippen molar-refractivity contribution in [3.8, 4) is 18.0 Å². The third-order valence-corrected chi connectivity index (χ3v) is 4.13. The molecule has 0 saturated heterocycles. The SMILES string of the molecule is N#CC1(Nc2nc(-n3cncn3)nc(-n3cncn3)n2)CCCCC1. The van der Waals surface area contributed by atoms with E-state index < -0.39 is 5.54 Å². The summed E-state index contributed by atoms with van der Waals surface area (Å²) < 4.78 is 2.85. The number of hydrogen-bond acceptors (Lipinski definition) is 9. The summed E-state index contributed by atoms with van der Waals surface area (Å²) in [4.78, 5) is 20.9. The summed E-state index contributed by atoms with van der Waals surface area (Å²) in [6.07, 6.45) is 10.4. The molecule has 1 aliphatic rings. The number of nitrogens with zero attached hydrogens (tertiary/aromatic N) is 10. The van der Waals surface area contributed by atoms with Crippen molar-refractivity contribution >= 4 is 5.95 Å². The Bertz CT molecular complexity index is 820. The van der Waals surface area contributed by atoms with Crippen molar-refractivity contribution in [2.24, 2.45) is 0 Å². The lowest BCUT2D eigenvalue weighted by atomic mass is 9.83. The van der Waals surface area contributed by atoms with Gasteiger partial charge in [-0.05, 0) is 12.8 Å². The van der Waals surface area contributed by atoms with Crippen molar-refractivity contribution < 1.29 is 0 Å². The maximum Gasteiger partial charge on any atom is 0.258 e. The van der Waals surface area contributed by atoms with E-state index in [2.05, 4.69) is 46.5 Å². The van der Waals surface area contributed by atoms with E-state index in [0.29, 0.717) is 5.95 Å². The minimum absolute atomic E-state index is 0.282. The second-order valence-corrected chi connectivity index (χ2v) is 5.82. The van der Waals surface area contributed by atoms with E-state index in [0.717, 1.165) is 32.1 Å². The highest BCUT2D eigenvalue weighted by Gasteiger charge is 2.33. The summed E-state index contributed by atoms with van der Waals surface area (Å²) in [5.74, 6) is 0.864. The molecule has 1 aliphatic carbocycles. The fraction of sp³-hybridized carbons (Fsp3) is 0.429. The Morgan fingerprint density at radius 3 is 2.00 bits per heavy atom. The van der Waals surface area contributed by atoms with E-state index in [9.17, 15) is 5.26 Å². The maximum atomic E-state index is 9.67. The Balaban J connectivity index is 1.75.